The summed E-state index contributed by atoms with van der Waals surface area (Å²) in [5.41, 5.74) is 5.02. The number of nitrogens with two attached hydrogens (primary N) is 1. The van der Waals surface area contributed by atoms with Gasteiger partial charge in [0.1, 0.15) is 6.29 Å². The van der Waals surface area contributed by atoms with Crippen molar-refractivity contribution in [2.24, 2.45) is 29.4 Å². The van der Waals surface area contributed by atoms with Gasteiger partial charge in [-0.15, -0.1) is 0 Å². The lowest BCUT2D eigenvalue weighted by molar-refractivity contribution is -0.114. The molecule has 0 spiro atoms. The highest BCUT2D eigenvalue weighted by Gasteiger charge is 2.47. The molecular formula is C16H28N2O. The number of carbonyl (C=O) groups is 1. The Morgan fingerprint density at radius 2 is 1.58 bits per heavy atom. The fraction of sp³-hybridized carbons (Fsp3) is 0.938. The summed E-state index contributed by atoms with van der Waals surface area (Å²) in [6.45, 7) is 0. The van der Waals surface area contributed by atoms with Crippen LogP contribution in [0.15, 0.2) is 0 Å². The largest absolute Gasteiger partial charge is 0.319 e. The molecule has 5 saturated carbocycles. The second-order valence-corrected chi connectivity index (χ2v) is 7.45. The molecular weight excluding hydrogens is 236 g/mol. The molecule has 5 aliphatic rings. The van der Waals surface area contributed by atoms with Crippen LogP contribution < -0.4 is 11.1 Å². The predicted molar refractivity (Wildman–Crippen MR) is 76.7 cm³/mol. The first-order chi connectivity index (χ1) is 9.13. The van der Waals surface area contributed by atoms with E-state index in [1.807, 2.05) is 0 Å². The molecule has 108 valence electrons. The minimum atomic E-state index is -0.417. The van der Waals surface area contributed by atoms with Gasteiger partial charge in [-0.1, -0.05) is 0 Å². The van der Waals surface area contributed by atoms with E-state index in [0.29, 0.717) is 0 Å². The Labute approximate surface area is 116 Å². The topological polar surface area (TPSA) is 55.1 Å². The second-order valence-electron chi connectivity index (χ2n) is 7.45. The minimum Gasteiger partial charge on any atom is -0.319 e. The lowest BCUT2D eigenvalue weighted by Gasteiger charge is -2.54. The molecule has 0 aromatic carbocycles. The van der Waals surface area contributed by atoms with E-state index in [2.05, 4.69) is 12.4 Å². The molecule has 0 radical (unpaired) electrons. The van der Waals surface area contributed by atoms with Crippen LogP contribution >= 0.6 is 0 Å². The summed E-state index contributed by atoms with van der Waals surface area (Å²) in [6.07, 6.45) is 11.5. The zero-order valence-electron chi connectivity index (χ0n) is 12.1. The number of aldehydes is 1. The van der Waals surface area contributed by atoms with E-state index in [1.165, 1.54) is 0 Å². The maximum atomic E-state index is 9.98. The summed E-state index contributed by atoms with van der Waals surface area (Å²) >= 11 is 0. The summed E-state index contributed by atoms with van der Waals surface area (Å²) < 4.78 is 0. The highest BCUT2D eigenvalue weighted by molar-refractivity contribution is 5.65. The summed E-state index contributed by atoms with van der Waals surface area (Å²) in [5.74, 6) is 4.34. The summed E-state index contributed by atoms with van der Waals surface area (Å²) in [5, 5.41) is 3.55. The van der Waals surface area contributed by atoms with Crippen LogP contribution in [-0.4, -0.2) is 24.9 Å². The number of carbonyl (C=O) groups excluding carboxylic acids is 1. The number of rotatable bonds is 2. The highest BCUT2D eigenvalue weighted by Crippen LogP contribution is 2.53. The highest BCUT2D eigenvalue weighted by atomic mass is 16.1. The smallest absolute Gasteiger partial charge is 0.139 e. The van der Waals surface area contributed by atoms with Gasteiger partial charge in [-0.05, 0) is 82.1 Å². The Kier molecular flexibility index (Phi) is 3.69. The molecule has 0 aliphatic heterocycles. The van der Waals surface area contributed by atoms with Gasteiger partial charge in [-0.25, -0.2) is 0 Å². The maximum Gasteiger partial charge on any atom is 0.139 e. The fourth-order valence-corrected chi connectivity index (χ4v) is 5.10. The second kappa shape index (κ2) is 5.17. The molecule has 0 atom stereocenters. The van der Waals surface area contributed by atoms with Crippen molar-refractivity contribution in [2.75, 3.05) is 7.05 Å². The van der Waals surface area contributed by atoms with Gasteiger partial charge in [0.05, 0.1) is 5.54 Å². The van der Waals surface area contributed by atoms with Crippen LogP contribution in [0.4, 0.5) is 0 Å². The summed E-state index contributed by atoms with van der Waals surface area (Å²) in [7, 11) is 2.16. The van der Waals surface area contributed by atoms with Gasteiger partial charge in [0.2, 0.25) is 0 Å². The van der Waals surface area contributed by atoms with Crippen molar-refractivity contribution in [3.63, 3.8) is 0 Å². The molecule has 0 amide bonds. The van der Waals surface area contributed by atoms with Gasteiger partial charge in [0.15, 0.2) is 0 Å². The van der Waals surface area contributed by atoms with E-state index in [9.17, 15) is 4.79 Å². The van der Waals surface area contributed by atoms with Crippen molar-refractivity contribution in [3.8, 4) is 0 Å². The Balaban J connectivity index is 0.000000136. The van der Waals surface area contributed by atoms with Gasteiger partial charge in [-0.3, -0.25) is 0 Å². The Bertz CT molecular complexity index is 310. The Morgan fingerprint density at radius 3 is 1.84 bits per heavy atom. The fourth-order valence-electron chi connectivity index (χ4n) is 5.10. The van der Waals surface area contributed by atoms with Crippen LogP contribution in [0.3, 0.4) is 0 Å². The zero-order chi connectivity index (χ0) is 13.5. The van der Waals surface area contributed by atoms with Gasteiger partial charge in [0.25, 0.3) is 0 Å². The lowest BCUT2D eigenvalue weighted by atomic mass is 9.54. The molecule has 0 saturated heterocycles. The molecule has 5 rings (SSSR count). The first kappa shape index (κ1) is 13.6. The SMILES string of the molecule is CNC1C2CC3CC(C2)CC1C3.NC1(C=O)CCC1. The van der Waals surface area contributed by atoms with E-state index in [-0.39, 0.29) is 0 Å². The van der Waals surface area contributed by atoms with Crippen LogP contribution in [-0.2, 0) is 4.79 Å². The molecule has 0 unspecified atom stereocenters. The van der Waals surface area contributed by atoms with Crippen molar-refractivity contribution in [1.29, 1.82) is 0 Å². The third-order valence-electron chi connectivity index (χ3n) is 6.08. The number of hydrogen-bond donors (Lipinski definition) is 2. The molecule has 0 heterocycles. The van der Waals surface area contributed by atoms with Gasteiger partial charge in [-0.2, -0.15) is 0 Å². The zero-order valence-corrected chi connectivity index (χ0v) is 12.1. The van der Waals surface area contributed by atoms with Crippen molar-refractivity contribution in [1.82, 2.24) is 5.32 Å². The van der Waals surface area contributed by atoms with Crippen LogP contribution in [0, 0.1) is 23.7 Å². The van der Waals surface area contributed by atoms with Gasteiger partial charge < -0.3 is 15.8 Å². The van der Waals surface area contributed by atoms with Gasteiger partial charge in [0, 0.05) is 6.04 Å². The molecule has 5 aliphatic carbocycles. The van der Waals surface area contributed by atoms with E-state index in [1.54, 1.807) is 32.1 Å². The van der Waals surface area contributed by atoms with E-state index in [4.69, 9.17) is 5.73 Å². The van der Waals surface area contributed by atoms with E-state index >= 15 is 0 Å². The average Bonchev–Trinajstić information content (AvgIpc) is 2.36. The van der Waals surface area contributed by atoms with E-state index in [0.717, 1.165) is 55.3 Å². The molecule has 5 fully saturated rings. The summed E-state index contributed by atoms with van der Waals surface area (Å²) in [6, 6.07) is 0.887. The summed E-state index contributed by atoms with van der Waals surface area (Å²) in [4.78, 5) is 9.98. The lowest BCUT2D eigenvalue weighted by Crippen LogP contribution is -2.53. The monoisotopic (exact) mass is 264 g/mol. The van der Waals surface area contributed by atoms with Crippen LogP contribution in [0.5, 0.6) is 0 Å². The molecule has 3 nitrogen and oxygen atoms in total. The van der Waals surface area contributed by atoms with Gasteiger partial charge >= 0.3 is 0 Å². The Hall–Kier alpha value is -0.410. The average molecular weight is 264 g/mol. The van der Waals surface area contributed by atoms with Crippen LogP contribution in [0.1, 0.15) is 51.4 Å². The molecule has 4 bridgehead atoms. The molecule has 3 N–H and O–H groups in total. The number of hydrogen-bond acceptors (Lipinski definition) is 3. The first-order valence-electron chi connectivity index (χ1n) is 8.06. The predicted octanol–water partition coefficient (Wildman–Crippen LogP) is 2.10. The minimum absolute atomic E-state index is 0.417. The molecule has 0 aromatic rings. The van der Waals surface area contributed by atoms with Crippen LogP contribution in [0.25, 0.3) is 0 Å². The third-order valence-corrected chi connectivity index (χ3v) is 6.08. The van der Waals surface area contributed by atoms with Crippen molar-refractivity contribution in [2.45, 2.75) is 62.9 Å². The normalized spacial score (nSPS) is 45.1. The number of nitrogens with one attached hydrogen (secondary N) is 1. The van der Waals surface area contributed by atoms with E-state index < -0.39 is 5.54 Å². The van der Waals surface area contributed by atoms with Crippen LogP contribution in [0.2, 0.25) is 0 Å². The molecule has 19 heavy (non-hydrogen) atoms. The Morgan fingerprint density at radius 1 is 1.05 bits per heavy atom. The standard InChI is InChI=1S/C11H19N.C5H9NO/c1-12-11-9-3-7-2-8(5-9)6-10(11)4-7;6-5(4-7)2-1-3-5/h7-12H,2-6H2,1H3;4H,1-3,6H2. The van der Waals surface area contributed by atoms with Crippen molar-refractivity contribution >= 4 is 6.29 Å². The first-order valence-corrected chi connectivity index (χ1v) is 8.06. The van der Waals surface area contributed by atoms with Crippen molar-refractivity contribution in [3.05, 3.63) is 0 Å². The quantitative estimate of drug-likeness (QED) is 0.751. The van der Waals surface area contributed by atoms with Crippen molar-refractivity contribution < 1.29 is 4.79 Å². The molecule has 0 aromatic heterocycles. The molecule has 3 heteroatoms. The third kappa shape index (κ3) is 2.59. The maximum absolute atomic E-state index is 9.98.